The van der Waals surface area contributed by atoms with Gasteiger partial charge in [-0.25, -0.2) is 9.59 Å². The number of benzene rings is 4. The number of esters is 2. The van der Waals surface area contributed by atoms with Crippen molar-refractivity contribution in [1.29, 1.82) is 0 Å². The number of aryl methyl sites for hydroxylation is 3. The van der Waals surface area contributed by atoms with Crippen LogP contribution in [0.4, 0.5) is 0 Å². The normalized spacial score (nSPS) is 21.1. The van der Waals surface area contributed by atoms with E-state index in [1.54, 1.807) is 24.3 Å². The van der Waals surface area contributed by atoms with Crippen LogP contribution in [0.15, 0.2) is 91.0 Å². The predicted octanol–water partition coefficient (Wildman–Crippen LogP) is 6.65. The van der Waals surface area contributed by atoms with Gasteiger partial charge in [-0.1, -0.05) is 66.7 Å². The summed E-state index contributed by atoms with van der Waals surface area (Å²) in [6, 6.07) is 28.5. The molecule has 3 aliphatic rings. The fourth-order valence-corrected chi connectivity index (χ4v) is 6.23. The third kappa shape index (κ3) is 3.75. The Morgan fingerprint density at radius 3 is 1.51 bits per heavy atom. The smallest absolute Gasteiger partial charge is 0.338 e. The van der Waals surface area contributed by atoms with Crippen LogP contribution < -0.4 is 0 Å². The van der Waals surface area contributed by atoms with Gasteiger partial charge in [0.2, 0.25) is 0 Å². The Bertz CT molecular complexity index is 1510. The van der Waals surface area contributed by atoms with E-state index in [1.165, 1.54) is 16.7 Å². The van der Waals surface area contributed by atoms with Crippen LogP contribution in [-0.4, -0.2) is 24.1 Å². The standard InChI is InChI=1S/C33H28O4/c1-19-11-10-16-24-25(19)29-27-21(3)18-17-20(2)26(27)28(24)30(36-32(34)22-12-6-4-7-13-22)31(29)37-33(35)23-14-8-5-9-15-23/h4-18,28-31H,1-3H3/t28-,29-,30?,31?/m0/s1. The summed E-state index contributed by atoms with van der Waals surface area (Å²) in [6.45, 7) is 6.32. The number of ether oxygens (including phenoxy) is 2. The lowest BCUT2D eigenvalue weighted by Gasteiger charge is -2.50. The zero-order valence-corrected chi connectivity index (χ0v) is 21.1. The molecule has 4 atom stereocenters. The summed E-state index contributed by atoms with van der Waals surface area (Å²) >= 11 is 0. The highest BCUT2D eigenvalue weighted by molar-refractivity contribution is 5.91. The Balaban J connectivity index is 1.53. The lowest BCUT2D eigenvalue weighted by Crippen LogP contribution is -2.52. The monoisotopic (exact) mass is 488 g/mol. The summed E-state index contributed by atoms with van der Waals surface area (Å²) in [5, 5.41) is 0. The van der Waals surface area contributed by atoms with Gasteiger partial charge in [-0.05, 0) is 84.0 Å². The molecule has 184 valence electrons. The summed E-state index contributed by atoms with van der Waals surface area (Å²) in [7, 11) is 0. The summed E-state index contributed by atoms with van der Waals surface area (Å²) in [5.74, 6) is -1.31. The molecule has 3 aliphatic carbocycles. The summed E-state index contributed by atoms with van der Waals surface area (Å²) < 4.78 is 12.6. The molecule has 7 rings (SSSR count). The van der Waals surface area contributed by atoms with Crippen molar-refractivity contribution in [2.45, 2.75) is 44.8 Å². The summed E-state index contributed by atoms with van der Waals surface area (Å²) in [5.41, 5.74) is 9.08. The number of carbonyl (C=O) groups excluding carboxylic acids is 2. The molecule has 4 aromatic carbocycles. The van der Waals surface area contributed by atoms with Crippen LogP contribution in [0.5, 0.6) is 0 Å². The van der Waals surface area contributed by atoms with Gasteiger partial charge in [0.15, 0.2) is 12.2 Å². The minimum atomic E-state index is -0.660. The molecule has 0 N–H and O–H groups in total. The fraction of sp³-hybridized carbons (Fsp3) is 0.212. The third-order valence-corrected chi connectivity index (χ3v) is 7.84. The first-order valence-electron chi connectivity index (χ1n) is 12.7. The van der Waals surface area contributed by atoms with E-state index in [4.69, 9.17) is 9.47 Å². The highest BCUT2D eigenvalue weighted by Gasteiger charge is 2.55. The Labute approximate surface area is 216 Å². The van der Waals surface area contributed by atoms with Crippen molar-refractivity contribution in [2.75, 3.05) is 0 Å². The van der Waals surface area contributed by atoms with Gasteiger partial charge >= 0.3 is 11.9 Å². The number of hydrogen-bond donors (Lipinski definition) is 0. The average Bonchev–Trinajstić information content (AvgIpc) is 2.92. The molecule has 0 heterocycles. The summed E-state index contributed by atoms with van der Waals surface area (Å²) in [4.78, 5) is 26.8. The summed E-state index contributed by atoms with van der Waals surface area (Å²) in [6.07, 6.45) is -1.32. The third-order valence-electron chi connectivity index (χ3n) is 7.84. The van der Waals surface area contributed by atoms with Gasteiger partial charge in [0.25, 0.3) is 0 Å². The minimum Gasteiger partial charge on any atom is -0.454 e. The lowest BCUT2D eigenvalue weighted by molar-refractivity contribution is -0.0560. The van der Waals surface area contributed by atoms with E-state index in [1.807, 2.05) is 36.4 Å². The van der Waals surface area contributed by atoms with Gasteiger partial charge in [0, 0.05) is 0 Å². The number of rotatable bonds is 4. The van der Waals surface area contributed by atoms with Crippen LogP contribution >= 0.6 is 0 Å². The number of hydrogen-bond acceptors (Lipinski definition) is 4. The Hall–Kier alpha value is -4.18. The second-order valence-corrected chi connectivity index (χ2v) is 10.0. The van der Waals surface area contributed by atoms with Crippen molar-refractivity contribution in [3.8, 4) is 0 Å². The molecule has 37 heavy (non-hydrogen) atoms. The van der Waals surface area contributed by atoms with E-state index in [9.17, 15) is 9.59 Å². The average molecular weight is 489 g/mol. The van der Waals surface area contributed by atoms with Crippen molar-refractivity contribution >= 4 is 11.9 Å². The van der Waals surface area contributed by atoms with Gasteiger partial charge in [-0.15, -0.1) is 0 Å². The second kappa shape index (κ2) is 9.04. The highest BCUT2D eigenvalue weighted by Crippen LogP contribution is 2.57. The molecule has 0 spiro atoms. The maximum Gasteiger partial charge on any atom is 0.338 e. The molecule has 0 saturated heterocycles. The molecule has 4 aromatic rings. The first kappa shape index (κ1) is 23.2. The zero-order chi connectivity index (χ0) is 25.7. The Morgan fingerprint density at radius 1 is 0.514 bits per heavy atom. The molecule has 0 radical (unpaired) electrons. The Kier molecular flexibility index (Phi) is 5.68. The van der Waals surface area contributed by atoms with Gasteiger partial charge in [0.05, 0.1) is 23.0 Å². The minimum absolute atomic E-state index is 0.239. The molecule has 0 amide bonds. The van der Waals surface area contributed by atoms with Gasteiger partial charge in [-0.2, -0.15) is 0 Å². The van der Waals surface area contributed by atoms with Crippen molar-refractivity contribution in [3.05, 3.63) is 141 Å². The first-order chi connectivity index (χ1) is 18.0. The molecule has 2 bridgehead atoms. The van der Waals surface area contributed by atoms with Gasteiger partial charge in [0.1, 0.15) is 0 Å². The van der Waals surface area contributed by atoms with E-state index < -0.39 is 24.1 Å². The highest BCUT2D eigenvalue weighted by atomic mass is 16.6. The largest absolute Gasteiger partial charge is 0.454 e. The Morgan fingerprint density at radius 2 is 0.973 bits per heavy atom. The predicted molar refractivity (Wildman–Crippen MR) is 142 cm³/mol. The topological polar surface area (TPSA) is 52.6 Å². The molecule has 4 heteroatoms. The van der Waals surface area contributed by atoms with Crippen molar-refractivity contribution < 1.29 is 19.1 Å². The van der Waals surface area contributed by atoms with E-state index in [0.29, 0.717) is 11.1 Å². The maximum absolute atomic E-state index is 13.4. The second-order valence-electron chi connectivity index (χ2n) is 10.0. The number of fused-ring (bicyclic) bond motifs is 1. The molecule has 0 aliphatic heterocycles. The molecular weight excluding hydrogens is 460 g/mol. The van der Waals surface area contributed by atoms with E-state index >= 15 is 0 Å². The van der Waals surface area contributed by atoms with Crippen molar-refractivity contribution in [1.82, 2.24) is 0 Å². The maximum atomic E-state index is 13.4. The molecule has 0 aromatic heterocycles. The van der Waals surface area contributed by atoms with Crippen LogP contribution in [-0.2, 0) is 9.47 Å². The van der Waals surface area contributed by atoms with Gasteiger partial charge < -0.3 is 9.47 Å². The molecular formula is C33H28O4. The first-order valence-corrected chi connectivity index (χ1v) is 12.7. The molecule has 0 saturated carbocycles. The van der Waals surface area contributed by atoms with Crippen LogP contribution in [0.2, 0.25) is 0 Å². The molecule has 2 unspecified atom stereocenters. The van der Waals surface area contributed by atoms with E-state index in [0.717, 1.165) is 22.3 Å². The number of carbonyl (C=O) groups is 2. The van der Waals surface area contributed by atoms with Crippen LogP contribution in [0.25, 0.3) is 0 Å². The van der Waals surface area contributed by atoms with E-state index in [-0.39, 0.29) is 11.8 Å². The lowest BCUT2D eigenvalue weighted by atomic mass is 9.58. The van der Waals surface area contributed by atoms with E-state index in [2.05, 4.69) is 51.1 Å². The van der Waals surface area contributed by atoms with Crippen LogP contribution in [0, 0.1) is 20.8 Å². The zero-order valence-electron chi connectivity index (χ0n) is 21.1. The fourth-order valence-electron chi connectivity index (χ4n) is 6.23. The van der Waals surface area contributed by atoms with Crippen molar-refractivity contribution in [3.63, 3.8) is 0 Å². The molecule has 0 fully saturated rings. The molecule has 4 nitrogen and oxygen atoms in total. The van der Waals surface area contributed by atoms with Crippen molar-refractivity contribution in [2.24, 2.45) is 0 Å². The van der Waals surface area contributed by atoms with Crippen LogP contribution in [0.1, 0.15) is 71.5 Å². The quantitative estimate of drug-likeness (QED) is 0.302. The van der Waals surface area contributed by atoms with Gasteiger partial charge in [-0.3, -0.25) is 0 Å². The van der Waals surface area contributed by atoms with Crippen LogP contribution in [0.3, 0.4) is 0 Å². The SMILES string of the molecule is Cc1cccc2c1[C@H]1c3c(C)ccc(C)c3[C@H]2C(OC(=O)c2ccccc2)C1OC(=O)c1ccccc1.